The first-order valence-corrected chi connectivity index (χ1v) is 11.3. The molecule has 0 fully saturated rings. The number of nitrogens with one attached hydrogen (secondary N) is 1. The van der Waals surface area contributed by atoms with Crippen LogP contribution in [0.15, 0.2) is 54.2 Å². The fourth-order valence-corrected chi connectivity index (χ4v) is 4.64. The minimum absolute atomic E-state index is 0.00156. The molecule has 8 nitrogen and oxygen atoms in total. The number of aryl methyl sites for hydroxylation is 1. The zero-order chi connectivity index (χ0) is 22.6. The van der Waals surface area contributed by atoms with Gasteiger partial charge < -0.3 is 4.74 Å². The monoisotopic (exact) mass is 455 g/mol. The number of hydrogen-bond donors (Lipinski definition) is 1. The highest BCUT2D eigenvalue weighted by molar-refractivity contribution is 7.17. The van der Waals surface area contributed by atoms with Crippen molar-refractivity contribution in [3.8, 4) is 29.0 Å². The summed E-state index contributed by atoms with van der Waals surface area (Å²) >= 11 is 1.71. The van der Waals surface area contributed by atoms with Crippen LogP contribution in [0.4, 0.5) is 0 Å². The second kappa shape index (κ2) is 9.22. The molecule has 0 aliphatic rings. The first kappa shape index (κ1) is 20.8. The van der Waals surface area contributed by atoms with Gasteiger partial charge in [0, 0.05) is 34.5 Å². The molecule has 0 aliphatic heterocycles. The summed E-state index contributed by atoms with van der Waals surface area (Å²) in [6, 6.07) is 14.4. The summed E-state index contributed by atoms with van der Waals surface area (Å²) in [4.78, 5) is 4.40. The zero-order valence-corrected chi connectivity index (χ0v) is 19.0. The van der Waals surface area contributed by atoms with Gasteiger partial charge in [-0.05, 0) is 42.3 Å². The van der Waals surface area contributed by atoms with Crippen LogP contribution >= 0.6 is 11.3 Å². The van der Waals surface area contributed by atoms with Crippen LogP contribution < -0.4 is 4.74 Å². The largest absolute Gasteiger partial charge is 0.489 e. The lowest BCUT2D eigenvalue weighted by molar-refractivity contribution is 0.306. The molecule has 0 aliphatic carbocycles. The van der Waals surface area contributed by atoms with Gasteiger partial charge in [0.15, 0.2) is 11.6 Å². The third-order valence-electron chi connectivity index (χ3n) is 5.37. The van der Waals surface area contributed by atoms with Crippen LogP contribution in [0, 0.1) is 11.8 Å². The van der Waals surface area contributed by atoms with Crippen molar-refractivity contribution < 1.29 is 4.74 Å². The van der Waals surface area contributed by atoms with E-state index in [4.69, 9.17) is 4.74 Å². The average molecular weight is 456 g/mol. The van der Waals surface area contributed by atoms with Gasteiger partial charge in [-0.3, -0.25) is 0 Å². The summed E-state index contributed by atoms with van der Waals surface area (Å²) < 4.78 is 9.07. The highest BCUT2D eigenvalue weighted by atomic mass is 32.1. The number of benzene rings is 2. The van der Waals surface area contributed by atoms with E-state index in [2.05, 4.69) is 66.1 Å². The van der Waals surface area contributed by atoms with E-state index in [1.807, 2.05) is 38.2 Å². The molecule has 9 heteroatoms. The van der Waals surface area contributed by atoms with Crippen molar-refractivity contribution in [2.75, 3.05) is 0 Å². The molecule has 5 aromatic rings. The number of thiophene rings is 1. The number of rotatable bonds is 7. The lowest BCUT2D eigenvalue weighted by Gasteiger charge is -2.11. The zero-order valence-electron chi connectivity index (χ0n) is 18.2. The molecular weight excluding hydrogens is 434 g/mol. The first-order chi connectivity index (χ1) is 16.2. The van der Waals surface area contributed by atoms with Gasteiger partial charge in [-0.25, -0.2) is 9.67 Å². The SMILES string of the molecule is CC#CC(Cc1nn[nH]n1)c1ccc(OCc2ccc3scc(-c4ncnn4C)c3c2)cc1. The Morgan fingerprint density at radius 2 is 2.06 bits per heavy atom. The van der Waals surface area contributed by atoms with Gasteiger partial charge in [0.2, 0.25) is 0 Å². The summed E-state index contributed by atoms with van der Waals surface area (Å²) in [5.41, 5.74) is 3.28. The Bertz CT molecular complexity index is 1430. The maximum Gasteiger partial charge on any atom is 0.176 e. The fourth-order valence-electron chi connectivity index (χ4n) is 3.72. The first-order valence-electron chi connectivity index (χ1n) is 10.4. The minimum atomic E-state index is 0.00156. The molecule has 3 aromatic heterocycles. The van der Waals surface area contributed by atoms with E-state index in [0.29, 0.717) is 18.9 Å². The summed E-state index contributed by atoms with van der Waals surface area (Å²) in [6.07, 6.45) is 2.18. The minimum Gasteiger partial charge on any atom is -0.489 e. The maximum atomic E-state index is 6.07. The van der Waals surface area contributed by atoms with E-state index in [1.54, 1.807) is 22.3 Å². The summed E-state index contributed by atoms with van der Waals surface area (Å²) in [7, 11) is 1.90. The molecule has 0 amide bonds. The number of aromatic amines is 1. The van der Waals surface area contributed by atoms with Crippen molar-refractivity contribution in [3.05, 3.63) is 71.1 Å². The number of aromatic nitrogens is 7. The smallest absolute Gasteiger partial charge is 0.176 e. The van der Waals surface area contributed by atoms with E-state index in [-0.39, 0.29) is 5.92 Å². The lowest BCUT2D eigenvalue weighted by Crippen LogP contribution is -2.03. The number of tetrazole rings is 1. The van der Waals surface area contributed by atoms with E-state index >= 15 is 0 Å². The summed E-state index contributed by atoms with van der Waals surface area (Å²) in [6.45, 7) is 2.31. The third kappa shape index (κ3) is 4.47. The van der Waals surface area contributed by atoms with Crippen molar-refractivity contribution in [3.63, 3.8) is 0 Å². The maximum absolute atomic E-state index is 6.07. The molecule has 1 unspecified atom stereocenters. The van der Waals surface area contributed by atoms with Crippen LogP contribution in [-0.2, 0) is 20.1 Å². The van der Waals surface area contributed by atoms with E-state index in [1.165, 1.54) is 4.70 Å². The predicted molar refractivity (Wildman–Crippen MR) is 127 cm³/mol. The van der Waals surface area contributed by atoms with Crippen molar-refractivity contribution >= 4 is 21.4 Å². The van der Waals surface area contributed by atoms with Gasteiger partial charge in [0.25, 0.3) is 0 Å². The van der Waals surface area contributed by atoms with Gasteiger partial charge in [-0.15, -0.1) is 27.5 Å². The van der Waals surface area contributed by atoms with Gasteiger partial charge in [0.1, 0.15) is 18.7 Å². The van der Waals surface area contributed by atoms with Crippen LogP contribution in [-0.4, -0.2) is 35.4 Å². The summed E-state index contributed by atoms with van der Waals surface area (Å²) in [5, 5.41) is 21.7. The predicted octanol–water partition coefficient (Wildman–Crippen LogP) is 4.14. The van der Waals surface area contributed by atoms with Gasteiger partial charge in [-0.1, -0.05) is 29.3 Å². The van der Waals surface area contributed by atoms with Crippen LogP contribution in [0.2, 0.25) is 0 Å². The number of fused-ring (bicyclic) bond motifs is 1. The highest BCUT2D eigenvalue weighted by Gasteiger charge is 2.14. The number of ether oxygens (including phenoxy) is 1. The van der Waals surface area contributed by atoms with Crippen molar-refractivity contribution in [2.45, 2.75) is 25.9 Å². The molecule has 33 heavy (non-hydrogen) atoms. The number of hydrogen-bond acceptors (Lipinski definition) is 7. The Kier molecular flexibility index (Phi) is 5.83. The molecule has 5 rings (SSSR count). The number of H-pyrrole nitrogens is 1. The standard InChI is InChI=1S/C24H21N7OS/c1-3-4-18(12-23-27-29-30-28-23)17-6-8-19(9-7-17)32-13-16-5-10-22-20(11-16)21(14-33-22)24-25-15-26-31(24)2/h5-11,14-15,18H,12-13H2,1-2H3,(H,27,28,29,30). The fraction of sp³-hybridized carbons (Fsp3) is 0.208. The Balaban J connectivity index is 1.30. The second-order valence-electron chi connectivity index (χ2n) is 7.52. The molecule has 3 heterocycles. The van der Waals surface area contributed by atoms with Crippen LogP contribution in [0.3, 0.4) is 0 Å². The van der Waals surface area contributed by atoms with Gasteiger partial charge in [-0.2, -0.15) is 10.3 Å². The molecule has 164 valence electrons. The highest BCUT2D eigenvalue weighted by Crippen LogP contribution is 2.33. The summed E-state index contributed by atoms with van der Waals surface area (Å²) in [5.74, 6) is 8.54. The Hall–Kier alpha value is -4.03. The average Bonchev–Trinajstić information content (AvgIpc) is 3.59. The van der Waals surface area contributed by atoms with E-state index in [9.17, 15) is 0 Å². The quantitative estimate of drug-likeness (QED) is 0.371. The Morgan fingerprint density at radius 1 is 1.18 bits per heavy atom. The van der Waals surface area contributed by atoms with E-state index in [0.717, 1.165) is 33.7 Å². The Labute approximate surface area is 194 Å². The van der Waals surface area contributed by atoms with Crippen molar-refractivity contribution in [1.29, 1.82) is 0 Å². The Morgan fingerprint density at radius 3 is 2.79 bits per heavy atom. The van der Waals surface area contributed by atoms with Crippen LogP contribution in [0.1, 0.15) is 29.8 Å². The normalized spacial score (nSPS) is 11.8. The number of nitrogens with zero attached hydrogens (tertiary/aromatic N) is 6. The van der Waals surface area contributed by atoms with Gasteiger partial charge >= 0.3 is 0 Å². The third-order valence-corrected chi connectivity index (χ3v) is 6.34. The topological polar surface area (TPSA) is 94.4 Å². The van der Waals surface area contributed by atoms with Crippen LogP contribution in [0.5, 0.6) is 5.75 Å². The van der Waals surface area contributed by atoms with Crippen LogP contribution in [0.25, 0.3) is 21.5 Å². The molecular formula is C24H21N7OS. The van der Waals surface area contributed by atoms with Crippen molar-refractivity contribution in [2.24, 2.45) is 7.05 Å². The lowest BCUT2D eigenvalue weighted by atomic mass is 9.96. The second-order valence-corrected chi connectivity index (χ2v) is 8.44. The molecule has 0 saturated carbocycles. The molecule has 0 bridgehead atoms. The molecule has 1 N–H and O–H groups in total. The molecule has 0 saturated heterocycles. The molecule has 1 atom stereocenters. The molecule has 0 radical (unpaired) electrons. The molecule has 2 aromatic carbocycles. The van der Waals surface area contributed by atoms with Gasteiger partial charge in [0.05, 0.1) is 5.92 Å². The molecule has 0 spiro atoms. The van der Waals surface area contributed by atoms with Crippen molar-refractivity contribution in [1.82, 2.24) is 35.4 Å². The van der Waals surface area contributed by atoms with E-state index < -0.39 is 0 Å².